The largest absolute Gasteiger partial charge is 0.349 e. The Morgan fingerprint density at radius 1 is 1.22 bits per heavy atom. The summed E-state index contributed by atoms with van der Waals surface area (Å²) in [4.78, 5) is 11.9. The molecule has 98 valence electrons. The summed E-state index contributed by atoms with van der Waals surface area (Å²) in [5.74, 6) is 0.547. The first kappa shape index (κ1) is 13.1. The number of rotatable bonds is 3. The van der Waals surface area contributed by atoms with E-state index in [2.05, 4.69) is 45.1 Å². The van der Waals surface area contributed by atoms with Crippen molar-refractivity contribution in [2.75, 3.05) is 0 Å². The topological polar surface area (TPSA) is 29.1 Å². The molecule has 0 heterocycles. The smallest absolute Gasteiger partial charge is 0.251 e. The quantitative estimate of drug-likeness (QED) is 0.863. The molecular weight excluding hydrogens is 222 g/mol. The summed E-state index contributed by atoms with van der Waals surface area (Å²) in [5, 5.41) is 3.01. The van der Waals surface area contributed by atoms with E-state index in [9.17, 15) is 4.79 Å². The predicted molar refractivity (Wildman–Crippen MR) is 74.8 cm³/mol. The van der Waals surface area contributed by atoms with Crippen LogP contribution in [-0.2, 0) is 0 Å². The third-order valence-electron chi connectivity index (χ3n) is 3.88. The van der Waals surface area contributed by atoms with Gasteiger partial charge < -0.3 is 5.32 Å². The van der Waals surface area contributed by atoms with Crippen molar-refractivity contribution in [3.63, 3.8) is 0 Å². The van der Waals surface area contributed by atoms with Crippen molar-refractivity contribution in [2.24, 2.45) is 5.41 Å². The van der Waals surface area contributed by atoms with Gasteiger partial charge in [0.15, 0.2) is 0 Å². The monoisotopic (exact) mass is 245 g/mol. The number of hydrogen-bond donors (Lipinski definition) is 1. The molecule has 1 amide bonds. The molecule has 18 heavy (non-hydrogen) atoms. The van der Waals surface area contributed by atoms with Gasteiger partial charge in [0, 0.05) is 11.6 Å². The van der Waals surface area contributed by atoms with Gasteiger partial charge in [0.05, 0.1) is 0 Å². The average molecular weight is 245 g/mol. The van der Waals surface area contributed by atoms with Crippen molar-refractivity contribution in [3.05, 3.63) is 35.4 Å². The van der Waals surface area contributed by atoms with Crippen LogP contribution in [0.5, 0.6) is 0 Å². The molecule has 0 saturated heterocycles. The fourth-order valence-corrected chi connectivity index (χ4v) is 1.92. The van der Waals surface area contributed by atoms with E-state index in [1.165, 1.54) is 5.56 Å². The molecule has 1 unspecified atom stereocenters. The highest BCUT2D eigenvalue weighted by Gasteiger charge is 2.24. The van der Waals surface area contributed by atoms with E-state index in [1.807, 2.05) is 12.1 Å². The molecule has 0 aliphatic heterocycles. The van der Waals surface area contributed by atoms with Crippen molar-refractivity contribution in [3.8, 4) is 0 Å². The van der Waals surface area contributed by atoms with Crippen molar-refractivity contribution >= 4 is 5.91 Å². The van der Waals surface area contributed by atoms with Crippen LogP contribution in [0, 0.1) is 5.41 Å². The summed E-state index contributed by atoms with van der Waals surface area (Å²) in [7, 11) is 0. The van der Waals surface area contributed by atoms with Crippen LogP contribution in [0.2, 0.25) is 0 Å². The number of hydrogen-bond acceptors (Lipinski definition) is 1. The molecule has 2 rings (SSSR count). The lowest BCUT2D eigenvalue weighted by molar-refractivity contribution is 0.0951. The maximum absolute atomic E-state index is 11.9. The maximum Gasteiger partial charge on any atom is 0.251 e. The van der Waals surface area contributed by atoms with Gasteiger partial charge in [-0.05, 0) is 41.9 Å². The number of benzene rings is 1. The Bertz CT molecular complexity index is 423. The summed E-state index contributed by atoms with van der Waals surface area (Å²) in [6, 6.07) is 8.46. The Morgan fingerprint density at radius 3 is 2.22 bits per heavy atom. The molecule has 0 radical (unpaired) electrons. The van der Waals surface area contributed by atoms with Crippen molar-refractivity contribution < 1.29 is 4.79 Å². The van der Waals surface area contributed by atoms with Crippen molar-refractivity contribution in [1.82, 2.24) is 5.32 Å². The molecule has 0 aromatic heterocycles. The summed E-state index contributed by atoms with van der Waals surface area (Å²) >= 11 is 0. The van der Waals surface area contributed by atoms with Crippen LogP contribution in [0.4, 0.5) is 0 Å². The first-order valence-corrected chi connectivity index (χ1v) is 6.79. The molecule has 0 bridgehead atoms. The zero-order valence-electron chi connectivity index (χ0n) is 11.8. The first-order valence-electron chi connectivity index (χ1n) is 6.79. The van der Waals surface area contributed by atoms with E-state index in [-0.39, 0.29) is 11.3 Å². The second-order valence-corrected chi connectivity index (χ2v) is 6.46. The number of carbonyl (C=O) groups is 1. The minimum Gasteiger partial charge on any atom is -0.349 e. The lowest BCUT2D eigenvalue weighted by atomic mass is 9.78. The van der Waals surface area contributed by atoms with Gasteiger partial charge in [-0.2, -0.15) is 0 Å². The van der Waals surface area contributed by atoms with Gasteiger partial charge in [0.25, 0.3) is 5.91 Å². The van der Waals surface area contributed by atoms with Gasteiger partial charge in [0.2, 0.25) is 0 Å². The lowest BCUT2D eigenvalue weighted by Gasteiger charge is -2.27. The lowest BCUT2D eigenvalue weighted by Crippen LogP contribution is -2.25. The van der Waals surface area contributed by atoms with Crippen LogP contribution in [0.25, 0.3) is 0 Å². The highest BCUT2D eigenvalue weighted by molar-refractivity contribution is 5.94. The molecule has 1 fully saturated rings. The minimum atomic E-state index is 0.0625. The molecular formula is C16H23NO. The molecule has 1 aromatic rings. The summed E-state index contributed by atoms with van der Waals surface area (Å²) in [5.41, 5.74) is 2.31. The Labute approximate surface area is 110 Å². The van der Waals surface area contributed by atoms with E-state index in [4.69, 9.17) is 0 Å². The normalized spacial score (nSPS) is 17.3. The first-order chi connectivity index (χ1) is 8.38. The van der Waals surface area contributed by atoms with Crippen molar-refractivity contribution in [2.45, 2.75) is 52.5 Å². The number of carbonyl (C=O) groups excluding carboxylic acids is 1. The molecule has 1 aliphatic carbocycles. The highest BCUT2D eigenvalue weighted by atomic mass is 16.1. The van der Waals surface area contributed by atoms with Crippen LogP contribution < -0.4 is 5.32 Å². The number of amides is 1. The van der Waals surface area contributed by atoms with Crippen LogP contribution in [-0.4, -0.2) is 11.9 Å². The summed E-state index contributed by atoms with van der Waals surface area (Å²) in [6.07, 6.45) is 2.26. The molecule has 2 heteroatoms. The zero-order chi connectivity index (χ0) is 13.3. The molecule has 1 N–H and O–H groups in total. The maximum atomic E-state index is 11.9. The zero-order valence-corrected chi connectivity index (χ0v) is 11.8. The predicted octanol–water partition coefficient (Wildman–Crippen LogP) is 3.73. The third-order valence-corrected chi connectivity index (χ3v) is 3.88. The van der Waals surface area contributed by atoms with Crippen LogP contribution in [0.1, 0.15) is 62.4 Å². The SMILES string of the molecule is CC(c1ccc(C(=O)NC2CC2)cc1)C(C)(C)C. The Kier molecular flexibility index (Phi) is 3.47. The molecule has 2 nitrogen and oxygen atoms in total. The van der Waals surface area contributed by atoms with Crippen LogP contribution in [0.3, 0.4) is 0 Å². The van der Waals surface area contributed by atoms with Gasteiger partial charge in [-0.3, -0.25) is 4.79 Å². The highest BCUT2D eigenvalue weighted by Crippen LogP contribution is 2.34. The van der Waals surface area contributed by atoms with E-state index in [1.54, 1.807) is 0 Å². The van der Waals surface area contributed by atoms with Crippen LogP contribution in [0.15, 0.2) is 24.3 Å². The molecule has 1 saturated carbocycles. The fourth-order valence-electron chi connectivity index (χ4n) is 1.92. The van der Waals surface area contributed by atoms with E-state index < -0.39 is 0 Å². The third kappa shape index (κ3) is 3.12. The fraction of sp³-hybridized carbons (Fsp3) is 0.562. The van der Waals surface area contributed by atoms with E-state index in [0.29, 0.717) is 12.0 Å². The molecule has 1 atom stereocenters. The molecule has 1 aromatic carbocycles. The standard InChI is InChI=1S/C16H23NO/c1-11(16(2,3)4)12-5-7-13(8-6-12)15(18)17-14-9-10-14/h5-8,11,14H,9-10H2,1-4H3,(H,17,18). The molecule has 1 aliphatic rings. The van der Waals surface area contributed by atoms with Gasteiger partial charge in [-0.15, -0.1) is 0 Å². The second kappa shape index (κ2) is 4.75. The van der Waals surface area contributed by atoms with Crippen molar-refractivity contribution in [1.29, 1.82) is 0 Å². The van der Waals surface area contributed by atoms with Gasteiger partial charge >= 0.3 is 0 Å². The second-order valence-electron chi connectivity index (χ2n) is 6.46. The Morgan fingerprint density at radius 2 is 1.78 bits per heavy atom. The van der Waals surface area contributed by atoms with Gasteiger partial charge in [-0.25, -0.2) is 0 Å². The summed E-state index contributed by atoms with van der Waals surface area (Å²) in [6.45, 7) is 8.96. The average Bonchev–Trinajstić information content (AvgIpc) is 3.11. The summed E-state index contributed by atoms with van der Waals surface area (Å²) < 4.78 is 0. The number of nitrogens with one attached hydrogen (secondary N) is 1. The molecule has 0 spiro atoms. The van der Waals surface area contributed by atoms with Gasteiger partial charge in [-0.1, -0.05) is 39.8 Å². The van der Waals surface area contributed by atoms with Crippen LogP contribution >= 0.6 is 0 Å². The minimum absolute atomic E-state index is 0.0625. The van der Waals surface area contributed by atoms with Gasteiger partial charge in [0.1, 0.15) is 0 Å². The Hall–Kier alpha value is -1.31. The van der Waals surface area contributed by atoms with E-state index >= 15 is 0 Å². The van der Waals surface area contributed by atoms with E-state index in [0.717, 1.165) is 18.4 Å². The Balaban J connectivity index is 2.06.